The lowest BCUT2D eigenvalue weighted by atomic mass is 9.79. The Balaban J connectivity index is 2.12. The molecule has 0 radical (unpaired) electrons. The van der Waals surface area contributed by atoms with Crippen molar-refractivity contribution in [2.24, 2.45) is 11.8 Å². The zero-order valence-electron chi connectivity index (χ0n) is 6.62. The number of Topliss-reactive ketones (excluding diaryl/α,β-unsaturated/α-hetero) is 1. The zero-order chi connectivity index (χ0) is 7.84. The van der Waals surface area contributed by atoms with Crippen molar-refractivity contribution in [1.29, 1.82) is 0 Å². The van der Waals surface area contributed by atoms with Crippen LogP contribution in [-0.2, 0) is 4.79 Å². The number of aliphatic hydroxyl groups excluding tert-OH is 1. The molecule has 2 rings (SSSR count). The van der Waals surface area contributed by atoms with E-state index in [1.165, 1.54) is 0 Å². The highest BCUT2D eigenvalue weighted by atomic mass is 16.3. The number of aliphatic hydroxyl groups is 1. The summed E-state index contributed by atoms with van der Waals surface area (Å²) in [6, 6.07) is 0. The van der Waals surface area contributed by atoms with Crippen LogP contribution in [0.1, 0.15) is 32.1 Å². The van der Waals surface area contributed by atoms with Crippen LogP contribution in [-0.4, -0.2) is 17.0 Å². The highest BCUT2D eigenvalue weighted by Gasteiger charge is 2.40. The van der Waals surface area contributed by atoms with Gasteiger partial charge < -0.3 is 5.11 Å². The van der Waals surface area contributed by atoms with Crippen LogP contribution in [0.25, 0.3) is 0 Å². The van der Waals surface area contributed by atoms with Crippen molar-refractivity contribution in [3.63, 3.8) is 0 Å². The van der Waals surface area contributed by atoms with Crippen LogP contribution in [0.5, 0.6) is 0 Å². The lowest BCUT2D eigenvalue weighted by Crippen LogP contribution is -2.30. The quantitative estimate of drug-likeness (QED) is 0.568. The highest BCUT2D eigenvalue weighted by Crippen LogP contribution is 2.39. The maximum atomic E-state index is 11.2. The van der Waals surface area contributed by atoms with Crippen LogP contribution in [0.15, 0.2) is 0 Å². The summed E-state index contributed by atoms with van der Waals surface area (Å²) in [7, 11) is 0. The molecule has 0 spiro atoms. The Morgan fingerprint density at radius 3 is 2.82 bits per heavy atom. The SMILES string of the molecule is O=C1CCC2C(O)CCCC12. The van der Waals surface area contributed by atoms with Crippen molar-refractivity contribution >= 4 is 5.78 Å². The molecule has 62 valence electrons. The Labute approximate surface area is 66.6 Å². The second-order valence-corrected chi connectivity index (χ2v) is 3.77. The molecular formula is C9H14O2. The van der Waals surface area contributed by atoms with Crippen molar-refractivity contribution in [1.82, 2.24) is 0 Å². The molecule has 0 aromatic heterocycles. The maximum Gasteiger partial charge on any atom is 0.136 e. The van der Waals surface area contributed by atoms with Gasteiger partial charge in [-0.25, -0.2) is 0 Å². The minimum Gasteiger partial charge on any atom is -0.393 e. The zero-order valence-corrected chi connectivity index (χ0v) is 6.62. The molecule has 3 unspecified atom stereocenters. The van der Waals surface area contributed by atoms with E-state index in [1.54, 1.807) is 0 Å². The standard InChI is InChI=1S/C9H14O2/c10-8-3-1-2-6-7(8)4-5-9(6)11/h6-8,10H,1-5H2. The topological polar surface area (TPSA) is 37.3 Å². The third kappa shape index (κ3) is 1.09. The normalized spacial score (nSPS) is 44.1. The molecule has 0 aromatic rings. The fourth-order valence-electron chi connectivity index (χ4n) is 2.53. The molecule has 2 heteroatoms. The van der Waals surface area contributed by atoms with Crippen LogP contribution >= 0.6 is 0 Å². The molecule has 0 bridgehead atoms. The average Bonchev–Trinajstić information content (AvgIpc) is 2.35. The molecule has 2 saturated carbocycles. The summed E-state index contributed by atoms with van der Waals surface area (Å²) in [6.45, 7) is 0. The summed E-state index contributed by atoms with van der Waals surface area (Å²) in [5, 5.41) is 9.54. The van der Waals surface area contributed by atoms with Gasteiger partial charge in [0.25, 0.3) is 0 Å². The van der Waals surface area contributed by atoms with Gasteiger partial charge in [-0.05, 0) is 25.2 Å². The molecule has 1 N–H and O–H groups in total. The predicted octanol–water partition coefficient (Wildman–Crippen LogP) is 1.13. The average molecular weight is 154 g/mol. The van der Waals surface area contributed by atoms with E-state index in [4.69, 9.17) is 0 Å². The Kier molecular flexibility index (Phi) is 1.72. The van der Waals surface area contributed by atoms with E-state index >= 15 is 0 Å². The predicted molar refractivity (Wildman–Crippen MR) is 41.1 cm³/mol. The molecule has 0 heterocycles. The van der Waals surface area contributed by atoms with E-state index in [-0.39, 0.29) is 12.0 Å². The summed E-state index contributed by atoms with van der Waals surface area (Å²) in [5.41, 5.74) is 0. The number of rotatable bonds is 0. The van der Waals surface area contributed by atoms with E-state index in [0.29, 0.717) is 18.1 Å². The number of carbonyl (C=O) groups excluding carboxylic acids is 1. The fraction of sp³-hybridized carbons (Fsp3) is 0.889. The Morgan fingerprint density at radius 2 is 2.09 bits per heavy atom. The minimum atomic E-state index is -0.180. The van der Waals surface area contributed by atoms with Gasteiger partial charge in [-0.1, -0.05) is 6.42 Å². The van der Waals surface area contributed by atoms with Gasteiger partial charge in [0.2, 0.25) is 0 Å². The molecular weight excluding hydrogens is 140 g/mol. The van der Waals surface area contributed by atoms with Gasteiger partial charge in [0.05, 0.1) is 6.10 Å². The largest absolute Gasteiger partial charge is 0.393 e. The molecule has 2 aliphatic rings. The number of hydrogen-bond donors (Lipinski definition) is 1. The fourth-order valence-corrected chi connectivity index (χ4v) is 2.53. The Morgan fingerprint density at radius 1 is 1.27 bits per heavy atom. The highest BCUT2D eigenvalue weighted by molar-refractivity contribution is 5.83. The molecule has 11 heavy (non-hydrogen) atoms. The van der Waals surface area contributed by atoms with E-state index in [2.05, 4.69) is 0 Å². The summed E-state index contributed by atoms with van der Waals surface area (Å²) < 4.78 is 0. The molecule has 0 saturated heterocycles. The second-order valence-electron chi connectivity index (χ2n) is 3.77. The van der Waals surface area contributed by atoms with Gasteiger partial charge in [-0.15, -0.1) is 0 Å². The first-order chi connectivity index (χ1) is 5.29. The van der Waals surface area contributed by atoms with Gasteiger partial charge in [0, 0.05) is 12.3 Å². The smallest absolute Gasteiger partial charge is 0.136 e. The van der Waals surface area contributed by atoms with Crippen molar-refractivity contribution < 1.29 is 9.90 Å². The van der Waals surface area contributed by atoms with Gasteiger partial charge in [-0.3, -0.25) is 4.79 Å². The van der Waals surface area contributed by atoms with Crippen molar-refractivity contribution in [2.75, 3.05) is 0 Å². The molecule has 2 fully saturated rings. The van der Waals surface area contributed by atoms with E-state index in [1.807, 2.05) is 0 Å². The summed E-state index contributed by atoms with van der Waals surface area (Å²) in [4.78, 5) is 11.2. The Hall–Kier alpha value is -0.370. The maximum absolute atomic E-state index is 11.2. The van der Waals surface area contributed by atoms with Crippen molar-refractivity contribution in [2.45, 2.75) is 38.2 Å². The van der Waals surface area contributed by atoms with Crippen LogP contribution in [0, 0.1) is 11.8 Å². The van der Waals surface area contributed by atoms with Gasteiger partial charge in [0.1, 0.15) is 5.78 Å². The van der Waals surface area contributed by atoms with E-state index < -0.39 is 0 Å². The van der Waals surface area contributed by atoms with Crippen LogP contribution in [0.2, 0.25) is 0 Å². The molecule has 2 aliphatic carbocycles. The molecule has 3 atom stereocenters. The first-order valence-electron chi connectivity index (χ1n) is 4.50. The molecule has 0 aliphatic heterocycles. The summed E-state index contributed by atoms with van der Waals surface area (Å²) in [6.07, 6.45) is 4.44. The van der Waals surface area contributed by atoms with Gasteiger partial charge in [-0.2, -0.15) is 0 Å². The number of ketones is 1. The monoisotopic (exact) mass is 154 g/mol. The van der Waals surface area contributed by atoms with Crippen LogP contribution < -0.4 is 0 Å². The Bertz CT molecular complexity index is 176. The molecule has 2 nitrogen and oxygen atoms in total. The number of carbonyl (C=O) groups is 1. The first-order valence-corrected chi connectivity index (χ1v) is 4.50. The number of hydrogen-bond acceptors (Lipinski definition) is 2. The molecule has 0 aromatic carbocycles. The van der Waals surface area contributed by atoms with Gasteiger partial charge in [0.15, 0.2) is 0 Å². The van der Waals surface area contributed by atoms with Crippen molar-refractivity contribution in [3.8, 4) is 0 Å². The third-order valence-corrected chi connectivity index (χ3v) is 3.16. The van der Waals surface area contributed by atoms with E-state index in [9.17, 15) is 9.90 Å². The minimum absolute atomic E-state index is 0.180. The lowest BCUT2D eigenvalue weighted by molar-refractivity contribution is -0.123. The van der Waals surface area contributed by atoms with Crippen LogP contribution in [0.4, 0.5) is 0 Å². The summed E-state index contributed by atoms with van der Waals surface area (Å²) >= 11 is 0. The van der Waals surface area contributed by atoms with Crippen molar-refractivity contribution in [3.05, 3.63) is 0 Å². The second kappa shape index (κ2) is 2.59. The molecule has 0 amide bonds. The lowest BCUT2D eigenvalue weighted by Gasteiger charge is -2.28. The summed E-state index contributed by atoms with van der Waals surface area (Å²) in [5.74, 6) is 0.934. The van der Waals surface area contributed by atoms with Gasteiger partial charge >= 0.3 is 0 Å². The van der Waals surface area contributed by atoms with Crippen LogP contribution in [0.3, 0.4) is 0 Å². The third-order valence-electron chi connectivity index (χ3n) is 3.16. The van der Waals surface area contributed by atoms with E-state index in [0.717, 1.165) is 25.7 Å². The number of fused-ring (bicyclic) bond motifs is 1. The first kappa shape index (κ1) is 7.29.